The van der Waals surface area contributed by atoms with Crippen LogP contribution in [0.15, 0.2) is 111 Å². The number of fused-ring (bicyclic) bond motifs is 1. The van der Waals surface area contributed by atoms with Crippen molar-refractivity contribution in [1.82, 2.24) is 4.57 Å². The molecular formula is C34H26N2O7S. The summed E-state index contributed by atoms with van der Waals surface area (Å²) in [5.41, 5.74) is 2.56. The second kappa shape index (κ2) is 12.0. The van der Waals surface area contributed by atoms with Crippen molar-refractivity contribution in [2.24, 2.45) is 4.99 Å². The van der Waals surface area contributed by atoms with Crippen molar-refractivity contribution >= 4 is 35.0 Å². The van der Waals surface area contributed by atoms with Crippen molar-refractivity contribution in [1.29, 1.82) is 0 Å². The first kappa shape index (κ1) is 28.6. The molecule has 2 aromatic heterocycles. The van der Waals surface area contributed by atoms with E-state index in [0.29, 0.717) is 49.0 Å². The molecule has 44 heavy (non-hydrogen) atoms. The number of carbonyl (C=O) groups is 2. The maximum absolute atomic E-state index is 14.1. The van der Waals surface area contributed by atoms with Crippen molar-refractivity contribution in [2.75, 3.05) is 13.7 Å². The van der Waals surface area contributed by atoms with Crippen molar-refractivity contribution in [3.05, 3.63) is 139 Å². The molecule has 0 aliphatic carbocycles. The number of hydrogen-bond acceptors (Lipinski definition) is 8. The molecule has 0 saturated heterocycles. The summed E-state index contributed by atoms with van der Waals surface area (Å²) in [6.45, 7) is 1.88. The second-order valence-corrected chi connectivity index (χ2v) is 10.8. The van der Waals surface area contributed by atoms with Gasteiger partial charge in [-0.05, 0) is 48.9 Å². The van der Waals surface area contributed by atoms with E-state index in [-0.39, 0.29) is 23.3 Å². The molecule has 220 valence electrons. The maximum atomic E-state index is 14.1. The van der Waals surface area contributed by atoms with E-state index in [0.717, 1.165) is 0 Å². The molecular weight excluding hydrogens is 580 g/mol. The highest BCUT2D eigenvalue weighted by Crippen LogP contribution is 2.36. The molecule has 9 nitrogen and oxygen atoms in total. The van der Waals surface area contributed by atoms with Gasteiger partial charge in [0, 0.05) is 17.2 Å². The minimum atomic E-state index is -1.01. The quantitative estimate of drug-likeness (QED) is 0.250. The Bertz CT molecular complexity index is 2090. The van der Waals surface area contributed by atoms with Crippen molar-refractivity contribution < 1.29 is 28.6 Å². The van der Waals surface area contributed by atoms with Crippen LogP contribution >= 0.6 is 11.3 Å². The van der Waals surface area contributed by atoms with Crippen LogP contribution in [0.25, 0.3) is 23.1 Å². The normalized spacial score (nSPS) is 14.6. The molecule has 5 aromatic rings. The molecule has 1 aliphatic rings. The number of carbonyl (C=O) groups excluding carboxylic acids is 1. The van der Waals surface area contributed by atoms with Gasteiger partial charge < -0.3 is 19.0 Å². The summed E-state index contributed by atoms with van der Waals surface area (Å²) in [4.78, 5) is 44.1. The molecule has 0 bridgehead atoms. The number of esters is 1. The minimum Gasteiger partial charge on any atom is -0.497 e. The van der Waals surface area contributed by atoms with E-state index >= 15 is 0 Å². The summed E-state index contributed by atoms with van der Waals surface area (Å²) >= 11 is 1.19. The van der Waals surface area contributed by atoms with Crippen LogP contribution in [-0.2, 0) is 9.53 Å². The Balaban J connectivity index is 1.53. The fourth-order valence-corrected chi connectivity index (χ4v) is 6.04. The zero-order valence-corrected chi connectivity index (χ0v) is 24.5. The zero-order valence-electron chi connectivity index (χ0n) is 23.7. The highest BCUT2D eigenvalue weighted by atomic mass is 32.1. The molecule has 0 spiro atoms. The first-order chi connectivity index (χ1) is 21.4. The van der Waals surface area contributed by atoms with E-state index in [1.54, 1.807) is 56.5 Å². The number of thiazole rings is 1. The fraction of sp³-hybridized carbons (Fsp3) is 0.118. The largest absolute Gasteiger partial charge is 0.497 e. The predicted octanol–water partition coefficient (Wildman–Crippen LogP) is 4.90. The Hall–Kier alpha value is -5.48. The number of hydrogen-bond donors (Lipinski definition) is 1. The van der Waals surface area contributed by atoms with E-state index in [2.05, 4.69) is 0 Å². The van der Waals surface area contributed by atoms with Crippen LogP contribution in [0.5, 0.6) is 5.75 Å². The molecule has 0 unspecified atom stereocenters. The van der Waals surface area contributed by atoms with E-state index in [9.17, 15) is 19.5 Å². The lowest BCUT2D eigenvalue weighted by Gasteiger charge is -2.26. The van der Waals surface area contributed by atoms with Gasteiger partial charge in [-0.1, -0.05) is 65.9 Å². The molecule has 10 heteroatoms. The number of carboxylic acid groups (broad SMARTS) is 1. The second-order valence-electron chi connectivity index (χ2n) is 9.79. The summed E-state index contributed by atoms with van der Waals surface area (Å²) in [7, 11) is 1.56. The van der Waals surface area contributed by atoms with Crippen LogP contribution in [0.4, 0.5) is 0 Å². The number of rotatable bonds is 8. The van der Waals surface area contributed by atoms with Crippen LogP contribution in [-0.4, -0.2) is 35.3 Å². The van der Waals surface area contributed by atoms with E-state index < -0.39 is 18.0 Å². The number of methoxy groups -OCH3 is 1. The summed E-state index contributed by atoms with van der Waals surface area (Å²) in [6, 6.07) is 25.5. The van der Waals surface area contributed by atoms with Gasteiger partial charge in [0.2, 0.25) is 0 Å². The lowest BCUT2D eigenvalue weighted by Crippen LogP contribution is -2.40. The van der Waals surface area contributed by atoms with Crippen molar-refractivity contribution in [3.8, 4) is 17.1 Å². The predicted molar refractivity (Wildman–Crippen MR) is 165 cm³/mol. The van der Waals surface area contributed by atoms with Crippen LogP contribution < -0.4 is 19.6 Å². The van der Waals surface area contributed by atoms with Crippen LogP contribution in [0.2, 0.25) is 0 Å². The monoisotopic (exact) mass is 606 g/mol. The average Bonchev–Trinajstić information content (AvgIpc) is 3.64. The Morgan fingerprint density at radius 1 is 1.00 bits per heavy atom. The third-order valence-corrected chi connectivity index (χ3v) is 8.08. The molecule has 1 N–H and O–H groups in total. The molecule has 3 heterocycles. The zero-order chi connectivity index (χ0) is 30.8. The van der Waals surface area contributed by atoms with Gasteiger partial charge in [0.1, 0.15) is 17.3 Å². The molecule has 1 atom stereocenters. The highest BCUT2D eigenvalue weighted by Gasteiger charge is 2.35. The number of aromatic carboxylic acids is 1. The molecule has 1 aliphatic heterocycles. The van der Waals surface area contributed by atoms with E-state index in [1.807, 2.05) is 42.5 Å². The number of ether oxygens (including phenoxy) is 2. The summed E-state index contributed by atoms with van der Waals surface area (Å²) in [6.07, 6.45) is 1.64. The Morgan fingerprint density at radius 2 is 1.77 bits per heavy atom. The Labute approximate surface area is 255 Å². The van der Waals surface area contributed by atoms with Gasteiger partial charge in [0.05, 0.1) is 41.1 Å². The third kappa shape index (κ3) is 5.38. The first-order valence-corrected chi connectivity index (χ1v) is 14.6. The Kier molecular flexibility index (Phi) is 7.82. The van der Waals surface area contributed by atoms with Gasteiger partial charge in [0.25, 0.3) is 5.56 Å². The molecule has 0 fully saturated rings. The number of nitrogens with zero attached hydrogens (tertiary/aromatic N) is 2. The lowest BCUT2D eigenvalue weighted by atomic mass is 9.93. The third-order valence-electron chi connectivity index (χ3n) is 7.10. The summed E-state index contributed by atoms with van der Waals surface area (Å²) < 4.78 is 18.9. The minimum absolute atomic E-state index is 0.152. The topological polar surface area (TPSA) is 120 Å². The standard InChI is InChI=1S/C34H26N2O7S/c1-3-42-33(40)28-29(21-8-5-4-6-9-21)35-34-36(30(28)23-10-7-11-24(18-23)41-2)31(37)27(44-34)19-25-16-17-26(43-25)20-12-14-22(15-13-20)32(38)39/h4-19,30H,3H2,1-2H3,(H,38,39)/b27-19-/t30-/m1/s1. The van der Waals surface area contributed by atoms with Crippen LogP contribution in [0.1, 0.15) is 40.2 Å². The van der Waals surface area contributed by atoms with Crippen LogP contribution in [0, 0.1) is 0 Å². The molecule has 0 saturated carbocycles. The van der Waals surface area contributed by atoms with Gasteiger partial charge in [-0.15, -0.1) is 0 Å². The van der Waals surface area contributed by atoms with Crippen molar-refractivity contribution in [2.45, 2.75) is 13.0 Å². The van der Waals surface area contributed by atoms with Gasteiger partial charge in [-0.25, -0.2) is 14.6 Å². The number of carboxylic acids is 1. The van der Waals surface area contributed by atoms with Gasteiger partial charge in [-0.3, -0.25) is 9.36 Å². The highest BCUT2D eigenvalue weighted by molar-refractivity contribution is 7.07. The lowest BCUT2D eigenvalue weighted by molar-refractivity contribution is -0.138. The SMILES string of the molecule is CCOC(=O)C1=C(c2ccccc2)N=c2s/c(=C\c3ccc(-c4ccc(C(=O)O)cc4)o3)c(=O)n2[C@@H]1c1cccc(OC)c1. The van der Waals surface area contributed by atoms with E-state index in [1.165, 1.54) is 28.0 Å². The summed E-state index contributed by atoms with van der Waals surface area (Å²) in [5.74, 6) is -0.0576. The van der Waals surface area contributed by atoms with Gasteiger partial charge in [0.15, 0.2) is 4.80 Å². The number of furan rings is 1. The average molecular weight is 607 g/mol. The van der Waals surface area contributed by atoms with Crippen molar-refractivity contribution in [3.63, 3.8) is 0 Å². The summed E-state index contributed by atoms with van der Waals surface area (Å²) in [5, 5.41) is 9.18. The fourth-order valence-electron chi connectivity index (χ4n) is 5.06. The number of benzene rings is 3. The smallest absolute Gasteiger partial charge is 0.338 e. The number of aromatic nitrogens is 1. The molecule has 0 amide bonds. The molecule has 6 rings (SSSR count). The Morgan fingerprint density at radius 3 is 2.48 bits per heavy atom. The molecule has 3 aromatic carbocycles. The van der Waals surface area contributed by atoms with E-state index in [4.69, 9.17) is 18.9 Å². The van der Waals surface area contributed by atoms with Crippen LogP contribution in [0.3, 0.4) is 0 Å². The van der Waals surface area contributed by atoms with Gasteiger partial charge in [-0.2, -0.15) is 0 Å². The molecule has 0 radical (unpaired) electrons. The first-order valence-electron chi connectivity index (χ1n) is 13.7. The maximum Gasteiger partial charge on any atom is 0.338 e. The van der Waals surface area contributed by atoms with Gasteiger partial charge >= 0.3 is 11.9 Å².